The summed E-state index contributed by atoms with van der Waals surface area (Å²) in [4.78, 5) is 11.7. The van der Waals surface area contributed by atoms with Crippen LogP contribution in [0, 0.1) is 5.92 Å². The van der Waals surface area contributed by atoms with E-state index in [9.17, 15) is 4.79 Å². The Morgan fingerprint density at radius 2 is 1.75 bits per heavy atom. The number of carbonyl (C=O) groups excluding carboxylic acids is 1. The molecule has 0 saturated heterocycles. The van der Waals surface area contributed by atoms with Crippen LogP contribution in [0.25, 0.3) is 0 Å². The first-order valence-corrected chi connectivity index (χ1v) is 4.85. The van der Waals surface area contributed by atoms with Crippen molar-refractivity contribution in [1.29, 1.82) is 0 Å². The summed E-state index contributed by atoms with van der Waals surface area (Å²) in [6, 6.07) is 0. The molecule has 0 aromatic heterocycles. The molecule has 0 radical (unpaired) electrons. The highest BCUT2D eigenvalue weighted by Crippen LogP contribution is 2.26. The highest BCUT2D eigenvalue weighted by Gasteiger charge is 2.30. The van der Waals surface area contributed by atoms with E-state index in [2.05, 4.69) is 0 Å². The molecular formula is C10H19NO. The van der Waals surface area contributed by atoms with Crippen LogP contribution in [0.5, 0.6) is 0 Å². The van der Waals surface area contributed by atoms with Crippen LogP contribution in [0.4, 0.5) is 0 Å². The Labute approximate surface area is 74.5 Å². The van der Waals surface area contributed by atoms with Crippen molar-refractivity contribution in [3.63, 3.8) is 0 Å². The molecule has 2 N–H and O–H groups in total. The summed E-state index contributed by atoms with van der Waals surface area (Å²) in [6.45, 7) is 3.62. The first kappa shape index (κ1) is 9.72. The highest BCUT2D eigenvalue weighted by atomic mass is 16.1. The SMILES string of the molecule is CC(C)(N)C(=O)C1CCCCC1. The summed E-state index contributed by atoms with van der Waals surface area (Å²) in [5.41, 5.74) is 5.14. The minimum Gasteiger partial charge on any atom is -0.319 e. The number of carbonyl (C=O) groups is 1. The first-order valence-electron chi connectivity index (χ1n) is 4.85. The maximum atomic E-state index is 11.7. The minimum absolute atomic E-state index is 0.249. The molecule has 0 aliphatic heterocycles. The molecule has 12 heavy (non-hydrogen) atoms. The Morgan fingerprint density at radius 1 is 1.25 bits per heavy atom. The molecule has 2 nitrogen and oxygen atoms in total. The molecule has 0 amide bonds. The zero-order chi connectivity index (χ0) is 9.19. The lowest BCUT2D eigenvalue weighted by Gasteiger charge is -2.27. The lowest BCUT2D eigenvalue weighted by atomic mass is 9.80. The second-order valence-corrected chi connectivity index (χ2v) is 4.42. The highest BCUT2D eigenvalue weighted by molar-refractivity contribution is 5.89. The van der Waals surface area contributed by atoms with Crippen molar-refractivity contribution >= 4 is 5.78 Å². The van der Waals surface area contributed by atoms with Crippen molar-refractivity contribution in [2.45, 2.75) is 51.5 Å². The third kappa shape index (κ3) is 2.31. The topological polar surface area (TPSA) is 43.1 Å². The summed E-state index contributed by atoms with van der Waals surface area (Å²) >= 11 is 0. The van der Waals surface area contributed by atoms with Gasteiger partial charge in [-0.1, -0.05) is 19.3 Å². The Hall–Kier alpha value is -0.370. The second kappa shape index (κ2) is 3.56. The fourth-order valence-corrected chi connectivity index (χ4v) is 1.89. The van der Waals surface area contributed by atoms with Crippen LogP contribution in [0.1, 0.15) is 46.0 Å². The molecule has 70 valence electrons. The van der Waals surface area contributed by atoms with Gasteiger partial charge in [0.05, 0.1) is 5.54 Å². The first-order chi connectivity index (χ1) is 5.52. The molecular weight excluding hydrogens is 150 g/mol. The Balaban J connectivity index is 2.51. The van der Waals surface area contributed by atoms with E-state index in [4.69, 9.17) is 5.73 Å². The molecule has 0 atom stereocenters. The van der Waals surface area contributed by atoms with Crippen LogP contribution in [0.2, 0.25) is 0 Å². The average molecular weight is 169 g/mol. The van der Waals surface area contributed by atoms with E-state index in [1.54, 1.807) is 0 Å². The molecule has 0 bridgehead atoms. The van der Waals surface area contributed by atoms with Crippen LogP contribution in [-0.4, -0.2) is 11.3 Å². The quantitative estimate of drug-likeness (QED) is 0.685. The van der Waals surface area contributed by atoms with Gasteiger partial charge in [0, 0.05) is 5.92 Å². The van der Waals surface area contributed by atoms with Crippen LogP contribution in [0.3, 0.4) is 0 Å². The van der Waals surface area contributed by atoms with E-state index in [1.165, 1.54) is 19.3 Å². The third-order valence-corrected chi connectivity index (χ3v) is 2.61. The minimum atomic E-state index is -0.623. The number of ketones is 1. The van der Waals surface area contributed by atoms with Gasteiger partial charge in [0.15, 0.2) is 5.78 Å². The largest absolute Gasteiger partial charge is 0.319 e. The fraction of sp³-hybridized carbons (Fsp3) is 0.900. The molecule has 2 heteroatoms. The number of hydrogen-bond donors (Lipinski definition) is 1. The number of nitrogens with two attached hydrogens (primary N) is 1. The summed E-state index contributed by atoms with van der Waals surface area (Å²) < 4.78 is 0. The van der Waals surface area contributed by atoms with Gasteiger partial charge >= 0.3 is 0 Å². The van der Waals surface area contributed by atoms with Crippen molar-refractivity contribution in [3.05, 3.63) is 0 Å². The zero-order valence-electron chi connectivity index (χ0n) is 8.10. The van der Waals surface area contributed by atoms with Crippen LogP contribution < -0.4 is 5.73 Å². The number of rotatable bonds is 2. The third-order valence-electron chi connectivity index (χ3n) is 2.61. The van der Waals surface area contributed by atoms with Crippen molar-refractivity contribution in [3.8, 4) is 0 Å². The van der Waals surface area contributed by atoms with Crippen molar-refractivity contribution in [2.75, 3.05) is 0 Å². The molecule has 0 aromatic carbocycles. The molecule has 0 heterocycles. The lowest BCUT2D eigenvalue weighted by molar-refractivity contribution is -0.128. The summed E-state index contributed by atoms with van der Waals surface area (Å²) in [5.74, 6) is 0.501. The monoisotopic (exact) mass is 169 g/mol. The lowest BCUT2D eigenvalue weighted by Crippen LogP contribution is -2.45. The van der Waals surface area contributed by atoms with E-state index >= 15 is 0 Å². The van der Waals surface area contributed by atoms with E-state index < -0.39 is 5.54 Å². The van der Waals surface area contributed by atoms with Gasteiger partial charge in [0.2, 0.25) is 0 Å². The molecule has 1 fully saturated rings. The second-order valence-electron chi connectivity index (χ2n) is 4.42. The van der Waals surface area contributed by atoms with E-state index in [0.29, 0.717) is 0 Å². The predicted octanol–water partition coefficient (Wildman–Crippen LogP) is 1.87. The maximum absolute atomic E-state index is 11.7. The van der Waals surface area contributed by atoms with Gasteiger partial charge < -0.3 is 5.73 Å². The van der Waals surface area contributed by atoms with Crippen LogP contribution >= 0.6 is 0 Å². The fourth-order valence-electron chi connectivity index (χ4n) is 1.89. The van der Waals surface area contributed by atoms with Crippen LogP contribution in [0.15, 0.2) is 0 Å². The molecule has 0 spiro atoms. The van der Waals surface area contributed by atoms with Gasteiger partial charge in [-0.15, -0.1) is 0 Å². The van der Waals surface area contributed by atoms with Crippen molar-refractivity contribution < 1.29 is 4.79 Å². The predicted molar refractivity (Wildman–Crippen MR) is 49.8 cm³/mol. The van der Waals surface area contributed by atoms with E-state index in [1.807, 2.05) is 13.8 Å². The maximum Gasteiger partial charge on any atom is 0.155 e. The molecule has 1 aliphatic carbocycles. The summed E-state index contributed by atoms with van der Waals surface area (Å²) in [6.07, 6.45) is 5.80. The summed E-state index contributed by atoms with van der Waals surface area (Å²) in [7, 11) is 0. The van der Waals surface area contributed by atoms with Crippen LogP contribution in [-0.2, 0) is 4.79 Å². The molecule has 1 aliphatic rings. The van der Waals surface area contributed by atoms with Crippen molar-refractivity contribution in [2.24, 2.45) is 11.7 Å². The van der Waals surface area contributed by atoms with Gasteiger partial charge in [-0.25, -0.2) is 0 Å². The van der Waals surface area contributed by atoms with Gasteiger partial charge in [-0.2, -0.15) is 0 Å². The molecule has 1 rings (SSSR count). The van der Waals surface area contributed by atoms with E-state index in [-0.39, 0.29) is 11.7 Å². The molecule has 1 saturated carbocycles. The normalized spacial score (nSPS) is 20.9. The van der Waals surface area contributed by atoms with Gasteiger partial charge in [0.1, 0.15) is 0 Å². The van der Waals surface area contributed by atoms with Gasteiger partial charge in [-0.3, -0.25) is 4.79 Å². The smallest absolute Gasteiger partial charge is 0.155 e. The Morgan fingerprint density at radius 3 is 2.17 bits per heavy atom. The van der Waals surface area contributed by atoms with Gasteiger partial charge in [-0.05, 0) is 26.7 Å². The van der Waals surface area contributed by atoms with Gasteiger partial charge in [0.25, 0.3) is 0 Å². The Bertz CT molecular complexity index is 163. The Kier molecular flexibility index (Phi) is 2.89. The number of Topliss-reactive ketones (excluding diaryl/α,β-unsaturated/α-hetero) is 1. The van der Waals surface area contributed by atoms with Crippen molar-refractivity contribution in [1.82, 2.24) is 0 Å². The molecule has 0 aromatic rings. The zero-order valence-corrected chi connectivity index (χ0v) is 8.10. The summed E-state index contributed by atoms with van der Waals surface area (Å²) in [5, 5.41) is 0. The number of hydrogen-bond acceptors (Lipinski definition) is 2. The standard InChI is InChI=1S/C10H19NO/c1-10(2,11)9(12)8-6-4-3-5-7-8/h8H,3-7,11H2,1-2H3. The van der Waals surface area contributed by atoms with E-state index in [0.717, 1.165) is 12.8 Å². The molecule has 0 unspecified atom stereocenters. The average Bonchev–Trinajstić information content (AvgIpc) is 2.03.